The van der Waals surface area contributed by atoms with Crippen molar-refractivity contribution in [3.8, 4) is 0 Å². The van der Waals surface area contributed by atoms with Gasteiger partial charge in [0.25, 0.3) is 0 Å². The molecule has 0 spiro atoms. The SMILES string of the molecule is Cc1ccc(Br)cc1CN(C)C(=O)C1(CO)CC1. The minimum Gasteiger partial charge on any atom is -0.395 e. The summed E-state index contributed by atoms with van der Waals surface area (Å²) in [5.41, 5.74) is 1.83. The third-order valence-corrected chi connectivity index (χ3v) is 4.17. The van der Waals surface area contributed by atoms with Gasteiger partial charge >= 0.3 is 0 Å². The number of aliphatic hydroxyl groups excluding tert-OH is 1. The van der Waals surface area contributed by atoms with Crippen LogP contribution in [0, 0.1) is 12.3 Å². The average molecular weight is 312 g/mol. The zero-order chi connectivity index (χ0) is 13.3. The molecule has 3 nitrogen and oxygen atoms in total. The molecule has 0 heterocycles. The fourth-order valence-corrected chi connectivity index (χ4v) is 2.54. The molecule has 0 unspecified atom stereocenters. The molecule has 0 aromatic heterocycles. The van der Waals surface area contributed by atoms with Crippen LogP contribution in [0.4, 0.5) is 0 Å². The van der Waals surface area contributed by atoms with Gasteiger partial charge in [-0.05, 0) is 43.0 Å². The molecule has 98 valence electrons. The molecular formula is C14H18BrNO2. The first-order valence-corrected chi connectivity index (χ1v) is 6.89. The van der Waals surface area contributed by atoms with Gasteiger partial charge in [-0.2, -0.15) is 0 Å². The largest absolute Gasteiger partial charge is 0.395 e. The van der Waals surface area contributed by atoms with Crippen LogP contribution >= 0.6 is 15.9 Å². The molecule has 1 aliphatic rings. The Bertz CT molecular complexity index is 469. The number of carbonyl (C=O) groups excluding carboxylic acids is 1. The molecule has 1 aliphatic carbocycles. The van der Waals surface area contributed by atoms with E-state index >= 15 is 0 Å². The molecule has 0 bridgehead atoms. The van der Waals surface area contributed by atoms with Gasteiger partial charge in [0.1, 0.15) is 0 Å². The standard InChI is InChI=1S/C14H18BrNO2/c1-10-3-4-12(15)7-11(10)8-16(2)13(18)14(9-17)5-6-14/h3-4,7,17H,5-6,8-9H2,1-2H3. The fourth-order valence-electron chi connectivity index (χ4n) is 2.13. The number of aryl methyl sites for hydroxylation is 1. The first-order chi connectivity index (χ1) is 8.48. The second-order valence-corrected chi connectivity index (χ2v) is 6.09. The lowest BCUT2D eigenvalue weighted by Crippen LogP contribution is -2.35. The van der Waals surface area contributed by atoms with Crippen molar-refractivity contribution < 1.29 is 9.90 Å². The van der Waals surface area contributed by atoms with Gasteiger partial charge in [0, 0.05) is 18.1 Å². The highest BCUT2D eigenvalue weighted by Gasteiger charge is 2.50. The summed E-state index contributed by atoms with van der Waals surface area (Å²) in [4.78, 5) is 13.9. The Morgan fingerprint density at radius 3 is 2.72 bits per heavy atom. The van der Waals surface area contributed by atoms with Crippen LogP contribution in [0.1, 0.15) is 24.0 Å². The second kappa shape index (κ2) is 5.02. The highest BCUT2D eigenvalue weighted by atomic mass is 79.9. The first kappa shape index (κ1) is 13.6. The smallest absolute Gasteiger partial charge is 0.231 e. The third kappa shape index (κ3) is 2.59. The van der Waals surface area contributed by atoms with E-state index in [1.807, 2.05) is 25.1 Å². The van der Waals surface area contributed by atoms with E-state index in [0.29, 0.717) is 6.54 Å². The highest BCUT2D eigenvalue weighted by molar-refractivity contribution is 9.10. The normalized spacial score (nSPS) is 16.4. The van der Waals surface area contributed by atoms with E-state index in [1.54, 1.807) is 11.9 Å². The minimum absolute atomic E-state index is 0.0341. The quantitative estimate of drug-likeness (QED) is 0.928. The Balaban J connectivity index is 2.09. The van der Waals surface area contributed by atoms with E-state index < -0.39 is 5.41 Å². The topological polar surface area (TPSA) is 40.5 Å². The number of amides is 1. The van der Waals surface area contributed by atoms with Crippen molar-refractivity contribution >= 4 is 21.8 Å². The molecule has 1 aromatic rings. The van der Waals surface area contributed by atoms with Crippen LogP contribution in [0.15, 0.2) is 22.7 Å². The van der Waals surface area contributed by atoms with Crippen LogP contribution in [-0.4, -0.2) is 29.6 Å². The zero-order valence-corrected chi connectivity index (χ0v) is 12.3. The molecule has 18 heavy (non-hydrogen) atoms. The maximum atomic E-state index is 12.2. The molecule has 1 N–H and O–H groups in total. The summed E-state index contributed by atoms with van der Waals surface area (Å²) < 4.78 is 1.02. The van der Waals surface area contributed by atoms with Gasteiger partial charge in [-0.1, -0.05) is 22.0 Å². The number of halogens is 1. The average Bonchev–Trinajstić information content (AvgIpc) is 3.14. The molecule has 1 fully saturated rings. The monoisotopic (exact) mass is 311 g/mol. The molecule has 2 rings (SSSR count). The Kier molecular flexibility index (Phi) is 3.78. The molecule has 4 heteroatoms. The number of carbonyl (C=O) groups is 1. The van der Waals surface area contributed by atoms with Crippen molar-refractivity contribution in [1.82, 2.24) is 4.90 Å². The van der Waals surface area contributed by atoms with Gasteiger partial charge in [-0.15, -0.1) is 0 Å². The van der Waals surface area contributed by atoms with Crippen LogP contribution in [0.3, 0.4) is 0 Å². The summed E-state index contributed by atoms with van der Waals surface area (Å²) in [5, 5.41) is 9.29. The van der Waals surface area contributed by atoms with E-state index in [2.05, 4.69) is 15.9 Å². The number of aliphatic hydroxyl groups is 1. The predicted octanol–water partition coefficient (Wildman–Crippen LogP) is 2.49. The summed E-state index contributed by atoms with van der Waals surface area (Å²) in [6, 6.07) is 6.07. The molecule has 1 saturated carbocycles. The van der Waals surface area contributed by atoms with Gasteiger partial charge in [-0.3, -0.25) is 4.79 Å². The van der Waals surface area contributed by atoms with Crippen LogP contribution in [0.5, 0.6) is 0 Å². The van der Waals surface area contributed by atoms with E-state index in [4.69, 9.17) is 0 Å². The van der Waals surface area contributed by atoms with Crippen molar-refractivity contribution in [2.75, 3.05) is 13.7 Å². The van der Waals surface area contributed by atoms with E-state index in [1.165, 1.54) is 5.56 Å². The van der Waals surface area contributed by atoms with Crippen LogP contribution in [0.2, 0.25) is 0 Å². The molecule has 0 saturated heterocycles. The third-order valence-electron chi connectivity index (χ3n) is 3.68. The molecule has 1 amide bonds. The lowest BCUT2D eigenvalue weighted by Gasteiger charge is -2.23. The van der Waals surface area contributed by atoms with Crippen LogP contribution < -0.4 is 0 Å². The van der Waals surface area contributed by atoms with Crippen LogP contribution in [-0.2, 0) is 11.3 Å². The molecule has 0 atom stereocenters. The molecule has 0 radical (unpaired) electrons. The van der Waals surface area contributed by atoms with Crippen molar-refractivity contribution in [2.45, 2.75) is 26.3 Å². The van der Waals surface area contributed by atoms with E-state index in [0.717, 1.165) is 22.9 Å². The molecule has 1 aromatic carbocycles. The summed E-state index contributed by atoms with van der Waals surface area (Å²) in [5.74, 6) is 0.0596. The van der Waals surface area contributed by atoms with E-state index in [9.17, 15) is 9.90 Å². The Morgan fingerprint density at radius 1 is 1.50 bits per heavy atom. The summed E-state index contributed by atoms with van der Waals surface area (Å²) in [6.45, 7) is 2.60. The first-order valence-electron chi connectivity index (χ1n) is 6.10. The predicted molar refractivity (Wildman–Crippen MR) is 74.1 cm³/mol. The zero-order valence-electron chi connectivity index (χ0n) is 10.7. The number of rotatable bonds is 4. The summed E-state index contributed by atoms with van der Waals surface area (Å²) >= 11 is 3.45. The maximum Gasteiger partial charge on any atom is 0.231 e. The Hall–Kier alpha value is -0.870. The van der Waals surface area contributed by atoms with Crippen molar-refractivity contribution in [3.63, 3.8) is 0 Å². The number of benzene rings is 1. The van der Waals surface area contributed by atoms with Crippen molar-refractivity contribution in [1.29, 1.82) is 0 Å². The Morgan fingerprint density at radius 2 is 2.17 bits per heavy atom. The van der Waals surface area contributed by atoms with Crippen molar-refractivity contribution in [3.05, 3.63) is 33.8 Å². The van der Waals surface area contributed by atoms with Gasteiger partial charge < -0.3 is 10.0 Å². The van der Waals surface area contributed by atoms with Gasteiger partial charge in [-0.25, -0.2) is 0 Å². The van der Waals surface area contributed by atoms with Crippen molar-refractivity contribution in [2.24, 2.45) is 5.41 Å². The fraction of sp³-hybridized carbons (Fsp3) is 0.500. The van der Waals surface area contributed by atoms with Gasteiger partial charge in [0.05, 0.1) is 12.0 Å². The molecular weight excluding hydrogens is 294 g/mol. The number of hydrogen-bond acceptors (Lipinski definition) is 2. The lowest BCUT2D eigenvalue weighted by atomic mass is 10.1. The van der Waals surface area contributed by atoms with Gasteiger partial charge in [0.2, 0.25) is 5.91 Å². The minimum atomic E-state index is -0.478. The number of hydrogen-bond donors (Lipinski definition) is 1. The van der Waals surface area contributed by atoms with E-state index in [-0.39, 0.29) is 12.5 Å². The second-order valence-electron chi connectivity index (χ2n) is 5.17. The lowest BCUT2D eigenvalue weighted by molar-refractivity contribution is -0.137. The summed E-state index contributed by atoms with van der Waals surface area (Å²) in [6.07, 6.45) is 1.62. The highest BCUT2D eigenvalue weighted by Crippen LogP contribution is 2.46. The van der Waals surface area contributed by atoms with Gasteiger partial charge in [0.15, 0.2) is 0 Å². The Labute approximate surface area is 116 Å². The molecule has 0 aliphatic heterocycles. The maximum absolute atomic E-state index is 12.2. The van der Waals surface area contributed by atoms with Crippen LogP contribution in [0.25, 0.3) is 0 Å². The summed E-state index contributed by atoms with van der Waals surface area (Å²) in [7, 11) is 1.80. The number of nitrogens with zero attached hydrogens (tertiary/aromatic N) is 1.